The summed E-state index contributed by atoms with van der Waals surface area (Å²) in [6.45, 7) is 8.27. The molecule has 1 aromatic carbocycles. The van der Waals surface area contributed by atoms with Crippen molar-refractivity contribution >= 4 is 15.9 Å². The van der Waals surface area contributed by atoms with E-state index < -0.39 is 0 Å². The second-order valence-electron chi connectivity index (χ2n) is 5.53. The van der Waals surface area contributed by atoms with E-state index in [1.54, 1.807) is 0 Å². The molecule has 1 atom stereocenters. The maximum absolute atomic E-state index is 3.78. The second kappa shape index (κ2) is 7.41. The van der Waals surface area contributed by atoms with Crippen molar-refractivity contribution in [3.8, 4) is 0 Å². The fourth-order valence-electron chi connectivity index (χ4n) is 2.91. The van der Waals surface area contributed by atoms with Gasteiger partial charge in [0.1, 0.15) is 0 Å². The predicted molar refractivity (Wildman–Crippen MR) is 85.4 cm³/mol. The molecule has 3 heteroatoms. The molecule has 0 aromatic heterocycles. The number of piperidine rings is 1. The van der Waals surface area contributed by atoms with Gasteiger partial charge in [-0.1, -0.05) is 41.1 Å². The fraction of sp³-hybridized carbons (Fsp3) is 0.625. The molecule has 1 unspecified atom stereocenters. The number of nitrogens with one attached hydrogen (secondary N) is 1. The third-order valence-electron chi connectivity index (χ3n) is 3.98. The van der Waals surface area contributed by atoms with E-state index in [2.05, 4.69) is 64.3 Å². The van der Waals surface area contributed by atoms with E-state index in [1.807, 2.05) is 0 Å². The van der Waals surface area contributed by atoms with Crippen LogP contribution in [0.5, 0.6) is 0 Å². The first-order valence-corrected chi connectivity index (χ1v) is 8.22. The molecule has 0 spiro atoms. The lowest BCUT2D eigenvalue weighted by atomic mass is 10.0. The molecule has 106 valence electrons. The van der Waals surface area contributed by atoms with Crippen molar-refractivity contribution in [2.75, 3.05) is 19.6 Å². The Kier molecular flexibility index (Phi) is 5.86. The molecule has 2 nitrogen and oxygen atoms in total. The van der Waals surface area contributed by atoms with Gasteiger partial charge >= 0.3 is 0 Å². The molecule has 19 heavy (non-hydrogen) atoms. The van der Waals surface area contributed by atoms with Gasteiger partial charge in [-0.2, -0.15) is 0 Å². The van der Waals surface area contributed by atoms with E-state index >= 15 is 0 Å². The Hall–Kier alpha value is -0.380. The Balaban J connectivity index is 1.84. The lowest BCUT2D eigenvalue weighted by molar-refractivity contribution is 0.192. The lowest BCUT2D eigenvalue weighted by Gasteiger charge is -2.34. The minimum Gasteiger partial charge on any atom is -0.307 e. The average molecular weight is 325 g/mol. The van der Waals surface area contributed by atoms with Crippen molar-refractivity contribution in [1.29, 1.82) is 0 Å². The first-order chi connectivity index (χ1) is 9.20. The number of hydrogen-bond donors (Lipinski definition) is 1. The highest BCUT2D eigenvalue weighted by Crippen LogP contribution is 2.24. The van der Waals surface area contributed by atoms with Gasteiger partial charge in [0.2, 0.25) is 0 Å². The largest absolute Gasteiger partial charge is 0.307 e. The minimum absolute atomic E-state index is 0.415. The molecule has 0 amide bonds. The van der Waals surface area contributed by atoms with Gasteiger partial charge in [0, 0.05) is 16.6 Å². The highest BCUT2D eigenvalue weighted by Gasteiger charge is 2.20. The van der Waals surface area contributed by atoms with E-state index in [-0.39, 0.29) is 0 Å². The molecule has 1 fully saturated rings. The molecule has 0 saturated carbocycles. The zero-order valence-electron chi connectivity index (χ0n) is 12.0. The van der Waals surface area contributed by atoms with Gasteiger partial charge < -0.3 is 10.2 Å². The standard InChI is InChI=1S/C16H25BrN2/c1-3-10-19-11-8-14(9-12-19)18-13(2)15-6-4-5-7-16(15)17/h4-7,13-14,18H,3,8-12H2,1-2H3. The number of nitrogens with zero attached hydrogens (tertiary/aromatic N) is 1. The van der Waals surface area contributed by atoms with Crippen molar-refractivity contribution in [1.82, 2.24) is 10.2 Å². The van der Waals surface area contributed by atoms with Crippen LogP contribution in [0.15, 0.2) is 28.7 Å². The van der Waals surface area contributed by atoms with E-state index in [1.165, 1.54) is 48.9 Å². The normalized spacial score (nSPS) is 19.5. The maximum atomic E-state index is 3.78. The Bertz CT molecular complexity index is 386. The van der Waals surface area contributed by atoms with Gasteiger partial charge in [0.15, 0.2) is 0 Å². The summed E-state index contributed by atoms with van der Waals surface area (Å²) < 4.78 is 1.21. The van der Waals surface area contributed by atoms with Crippen LogP contribution in [0.25, 0.3) is 0 Å². The monoisotopic (exact) mass is 324 g/mol. The first kappa shape index (κ1) is 15.0. The van der Waals surface area contributed by atoms with E-state index in [4.69, 9.17) is 0 Å². The molecule has 1 saturated heterocycles. The number of likely N-dealkylation sites (tertiary alicyclic amines) is 1. The van der Waals surface area contributed by atoms with Gasteiger partial charge in [0.05, 0.1) is 0 Å². The highest BCUT2D eigenvalue weighted by molar-refractivity contribution is 9.10. The molecule has 0 bridgehead atoms. The molecule has 0 aliphatic carbocycles. The number of rotatable bonds is 5. The Labute approximate surface area is 125 Å². The van der Waals surface area contributed by atoms with Crippen molar-refractivity contribution in [3.05, 3.63) is 34.3 Å². The molecule has 1 aromatic rings. The SMILES string of the molecule is CCCN1CCC(NC(C)c2ccccc2Br)CC1. The number of hydrogen-bond acceptors (Lipinski definition) is 2. The molecule has 1 aliphatic heterocycles. The highest BCUT2D eigenvalue weighted by atomic mass is 79.9. The van der Waals surface area contributed by atoms with Gasteiger partial charge in [-0.25, -0.2) is 0 Å². The Morgan fingerprint density at radius 1 is 1.32 bits per heavy atom. The molecule has 1 N–H and O–H groups in total. The summed E-state index contributed by atoms with van der Waals surface area (Å²) in [4.78, 5) is 2.58. The summed E-state index contributed by atoms with van der Waals surface area (Å²) in [5.41, 5.74) is 1.36. The van der Waals surface area contributed by atoms with Crippen molar-refractivity contribution in [3.63, 3.8) is 0 Å². The van der Waals surface area contributed by atoms with E-state index in [0.29, 0.717) is 12.1 Å². The minimum atomic E-state index is 0.415. The summed E-state index contributed by atoms with van der Waals surface area (Å²) in [5, 5.41) is 3.78. The van der Waals surface area contributed by atoms with Gasteiger partial charge in [-0.3, -0.25) is 0 Å². The van der Waals surface area contributed by atoms with Crippen LogP contribution in [-0.4, -0.2) is 30.6 Å². The summed E-state index contributed by atoms with van der Waals surface area (Å²) >= 11 is 3.64. The van der Waals surface area contributed by atoms with Crippen LogP contribution >= 0.6 is 15.9 Å². The molecule has 2 rings (SSSR count). The molecule has 0 radical (unpaired) electrons. The number of benzene rings is 1. The quantitative estimate of drug-likeness (QED) is 0.881. The van der Waals surface area contributed by atoms with Crippen molar-refractivity contribution in [2.45, 2.75) is 45.2 Å². The zero-order valence-corrected chi connectivity index (χ0v) is 13.6. The molecular formula is C16H25BrN2. The maximum Gasteiger partial charge on any atom is 0.0305 e. The summed E-state index contributed by atoms with van der Waals surface area (Å²) in [6, 6.07) is 9.59. The summed E-state index contributed by atoms with van der Waals surface area (Å²) in [7, 11) is 0. The molecular weight excluding hydrogens is 300 g/mol. The van der Waals surface area contributed by atoms with Gasteiger partial charge in [-0.15, -0.1) is 0 Å². The zero-order chi connectivity index (χ0) is 13.7. The molecule has 1 heterocycles. The Morgan fingerprint density at radius 2 is 2.00 bits per heavy atom. The third-order valence-corrected chi connectivity index (χ3v) is 4.71. The van der Waals surface area contributed by atoms with Crippen LogP contribution in [0.2, 0.25) is 0 Å². The van der Waals surface area contributed by atoms with Crippen molar-refractivity contribution in [2.24, 2.45) is 0 Å². The van der Waals surface area contributed by atoms with Gasteiger partial charge in [0.25, 0.3) is 0 Å². The average Bonchev–Trinajstić information content (AvgIpc) is 2.42. The van der Waals surface area contributed by atoms with E-state index in [0.717, 1.165) is 0 Å². The predicted octanol–water partition coefficient (Wildman–Crippen LogP) is 3.97. The van der Waals surface area contributed by atoms with Crippen LogP contribution in [0, 0.1) is 0 Å². The van der Waals surface area contributed by atoms with Crippen LogP contribution in [0.1, 0.15) is 44.7 Å². The van der Waals surface area contributed by atoms with Crippen molar-refractivity contribution < 1.29 is 0 Å². The lowest BCUT2D eigenvalue weighted by Crippen LogP contribution is -2.43. The van der Waals surface area contributed by atoms with Gasteiger partial charge in [-0.05, 0) is 57.5 Å². The smallest absolute Gasteiger partial charge is 0.0305 e. The summed E-state index contributed by atoms with van der Waals surface area (Å²) in [5.74, 6) is 0. The van der Waals surface area contributed by atoms with Crippen LogP contribution in [0.4, 0.5) is 0 Å². The summed E-state index contributed by atoms with van der Waals surface area (Å²) in [6.07, 6.45) is 3.81. The molecule has 1 aliphatic rings. The van der Waals surface area contributed by atoms with Crippen LogP contribution < -0.4 is 5.32 Å². The topological polar surface area (TPSA) is 15.3 Å². The fourth-order valence-corrected chi connectivity index (χ4v) is 3.54. The second-order valence-corrected chi connectivity index (χ2v) is 6.38. The first-order valence-electron chi connectivity index (χ1n) is 7.43. The van der Waals surface area contributed by atoms with E-state index in [9.17, 15) is 0 Å². The van der Waals surface area contributed by atoms with Crippen LogP contribution in [-0.2, 0) is 0 Å². The number of halogens is 1. The van der Waals surface area contributed by atoms with Crippen LogP contribution in [0.3, 0.4) is 0 Å². The third kappa shape index (κ3) is 4.30. The Morgan fingerprint density at radius 3 is 2.63 bits per heavy atom.